The molecule has 1 saturated carbocycles. The Balaban J connectivity index is -0.000000165. The molecule has 1 aliphatic rings. The molecule has 108 valence electrons. The third-order valence-corrected chi connectivity index (χ3v) is 2.46. The average molecular weight is 245 g/mol. The second kappa shape index (κ2) is 18.4. The van der Waals surface area contributed by atoms with E-state index >= 15 is 0 Å². The lowest BCUT2D eigenvalue weighted by atomic mass is 10.2. The Morgan fingerprint density at radius 2 is 1.12 bits per heavy atom. The van der Waals surface area contributed by atoms with Crippen molar-refractivity contribution >= 4 is 0 Å². The van der Waals surface area contributed by atoms with Crippen LogP contribution in [0.25, 0.3) is 0 Å². The summed E-state index contributed by atoms with van der Waals surface area (Å²) in [6, 6.07) is 0. The smallest absolute Gasteiger partial charge is 0.0443 e. The van der Waals surface area contributed by atoms with Gasteiger partial charge in [-0.05, 0) is 17.8 Å². The Labute approximate surface area is 113 Å². The highest BCUT2D eigenvalue weighted by atomic mass is 14.1. The normalized spacial score (nSPS) is 14.3. The Morgan fingerprint density at radius 1 is 0.882 bits per heavy atom. The van der Waals surface area contributed by atoms with Gasteiger partial charge in [-0.25, -0.2) is 0 Å². The molecule has 0 unspecified atom stereocenters. The third-order valence-electron chi connectivity index (χ3n) is 2.46. The van der Waals surface area contributed by atoms with Crippen LogP contribution in [0.5, 0.6) is 0 Å². The van der Waals surface area contributed by atoms with E-state index in [-0.39, 0.29) is 0 Å². The first-order valence-corrected chi connectivity index (χ1v) is 7.90. The molecule has 0 aromatic carbocycles. The third kappa shape index (κ3) is 38.7. The van der Waals surface area contributed by atoms with Crippen molar-refractivity contribution in [2.24, 2.45) is 17.8 Å². The topological polar surface area (TPSA) is 0 Å². The van der Waals surface area contributed by atoms with Gasteiger partial charge in [-0.2, -0.15) is 0 Å². The van der Waals surface area contributed by atoms with Gasteiger partial charge >= 0.3 is 0 Å². The lowest BCUT2D eigenvalue weighted by molar-refractivity contribution is 0.612. The summed E-state index contributed by atoms with van der Waals surface area (Å²) in [4.78, 5) is 0. The van der Waals surface area contributed by atoms with Crippen molar-refractivity contribution in [3.63, 3.8) is 0 Å². The van der Waals surface area contributed by atoms with Gasteiger partial charge in [0.2, 0.25) is 0 Å². The average Bonchev–Trinajstić information content (AvgIpc) is 2.72. The van der Waals surface area contributed by atoms with Crippen LogP contribution in [-0.4, -0.2) is 0 Å². The van der Waals surface area contributed by atoms with Crippen molar-refractivity contribution in [3.8, 4) is 0 Å². The minimum Gasteiger partial charge on any atom is -0.0683 e. The lowest BCUT2D eigenvalue weighted by Gasteiger charge is -1.91. The maximum Gasteiger partial charge on any atom is -0.0443 e. The van der Waals surface area contributed by atoms with Crippen LogP contribution in [0.2, 0.25) is 0 Å². The van der Waals surface area contributed by atoms with E-state index in [2.05, 4.69) is 48.5 Å². The van der Waals surface area contributed by atoms with E-state index in [0.717, 1.165) is 17.8 Å². The SMILES string of the molecule is CC.CC(C)C.CC1CCCC1.CCC(C)C. The molecule has 0 aromatic heterocycles. The fourth-order valence-electron chi connectivity index (χ4n) is 1.13. The highest BCUT2D eigenvalue weighted by Gasteiger charge is 2.07. The van der Waals surface area contributed by atoms with Crippen molar-refractivity contribution in [3.05, 3.63) is 0 Å². The van der Waals surface area contributed by atoms with Crippen molar-refractivity contribution in [2.45, 2.75) is 94.4 Å². The molecule has 0 N–H and O–H groups in total. The van der Waals surface area contributed by atoms with Crippen LogP contribution in [-0.2, 0) is 0 Å². The monoisotopic (exact) mass is 244 g/mol. The summed E-state index contributed by atoms with van der Waals surface area (Å²) >= 11 is 0. The van der Waals surface area contributed by atoms with Gasteiger partial charge in [-0.15, -0.1) is 0 Å². The minimum absolute atomic E-state index is 0.833. The molecule has 17 heavy (non-hydrogen) atoms. The van der Waals surface area contributed by atoms with Gasteiger partial charge in [-0.1, -0.05) is 94.4 Å². The molecule has 0 atom stereocenters. The zero-order valence-corrected chi connectivity index (χ0v) is 14.3. The molecular weight excluding hydrogens is 204 g/mol. The minimum atomic E-state index is 0.833. The molecule has 1 fully saturated rings. The highest BCUT2D eigenvalue weighted by molar-refractivity contribution is 4.60. The van der Waals surface area contributed by atoms with Gasteiger partial charge < -0.3 is 0 Å². The summed E-state index contributed by atoms with van der Waals surface area (Å²) in [5.41, 5.74) is 0. The van der Waals surface area contributed by atoms with E-state index in [1.54, 1.807) is 0 Å². The second-order valence-electron chi connectivity index (χ2n) is 5.92. The van der Waals surface area contributed by atoms with E-state index in [1.807, 2.05) is 13.8 Å². The van der Waals surface area contributed by atoms with Crippen LogP contribution in [0, 0.1) is 17.8 Å². The number of hydrogen-bond acceptors (Lipinski definition) is 0. The molecule has 0 bridgehead atoms. The van der Waals surface area contributed by atoms with E-state index in [4.69, 9.17) is 0 Å². The van der Waals surface area contributed by atoms with Gasteiger partial charge in [-0.3, -0.25) is 0 Å². The molecule has 0 heterocycles. The van der Waals surface area contributed by atoms with E-state index < -0.39 is 0 Å². The van der Waals surface area contributed by atoms with Crippen molar-refractivity contribution in [1.82, 2.24) is 0 Å². The summed E-state index contributed by atoms with van der Waals surface area (Å²) in [5, 5.41) is 0. The van der Waals surface area contributed by atoms with Crippen LogP contribution in [0.4, 0.5) is 0 Å². The maximum atomic E-state index is 2.34. The summed E-state index contributed by atoms with van der Waals surface area (Å²) in [7, 11) is 0. The van der Waals surface area contributed by atoms with Gasteiger partial charge in [0, 0.05) is 0 Å². The first-order chi connectivity index (χ1) is 7.90. The van der Waals surface area contributed by atoms with Gasteiger partial charge in [0.25, 0.3) is 0 Å². The molecular formula is C17H40. The zero-order valence-electron chi connectivity index (χ0n) is 14.3. The van der Waals surface area contributed by atoms with Crippen LogP contribution in [0.1, 0.15) is 94.4 Å². The molecule has 0 aromatic rings. The molecule has 0 heteroatoms. The summed E-state index contributed by atoms with van der Waals surface area (Å²) in [6.07, 6.45) is 7.25. The van der Waals surface area contributed by atoms with Crippen molar-refractivity contribution in [2.75, 3.05) is 0 Å². The molecule has 0 saturated heterocycles. The molecule has 0 spiro atoms. The molecule has 0 amide bonds. The number of hydrogen-bond donors (Lipinski definition) is 0. The second-order valence-corrected chi connectivity index (χ2v) is 5.92. The quantitative estimate of drug-likeness (QED) is 0.469. The largest absolute Gasteiger partial charge is 0.0683 e. The van der Waals surface area contributed by atoms with E-state index in [9.17, 15) is 0 Å². The Hall–Kier alpha value is 0. The Bertz CT molecular complexity index is 93.9. The van der Waals surface area contributed by atoms with Gasteiger partial charge in [0.15, 0.2) is 0 Å². The van der Waals surface area contributed by atoms with Crippen molar-refractivity contribution in [1.29, 1.82) is 0 Å². The fraction of sp³-hybridized carbons (Fsp3) is 1.00. The van der Waals surface area contributed by atoms with Gasteiger partial charge in [0.1, 0.15) is 0 Å². The first kappa shape index (κ1) is 22.2. The summed E-state index contributed by atoms with van der Waals surface area (Å²) in [6.45, 7) is 19.5. The molecule has 1 aliphatic carbocycles. The highest BCUT2D eigenvalue weighted by Crippen LogP contribution is 2.22. The Kier molecular flexibility index (Phi) is 24.0. The van der Waals surface area contributed by atoms with Crippen molar-refractivity contribution < 1.29 is 0 Å². The summed E-state index contributed by atoms with van der Waals surface area (Å²) in [5.74, 6) is 2.76. The Morgan fingerprint density at radius 3 is 1.18 bits per heavy atom. The zero-order chi connectivity index (χ0) is 14.3. The predicted molar refractivity (Wildman–Crippen MR) is 84.6 cm³/mol. The van der Waals surface area contributed by atoms with Gasteiger partial charge in [0.05, 0.1) is 0 Å². The lowest BCUT2D eigenvalue weighted by Crippen LogP contribution is -1.78. The predicted octanol–water partition coefficient (Wildman–Crippen LogP) is 6.94. The number of rotatable bonds is 1. The molecule has 0 radical (unpaired) electrons. The van der Waals surface area contributed by atoms with E-state index in [0.29, 0.717) is 0 Å². The van der Waals surface area contributed by atoms with Crippen LogP contribution in [0.3, 0.4) is 0 Å². The molecule has 1 rings (SSSR count). The molecule has 0 aliphatic heterocycles. The maximum absolute atomic E-state index is 2.34. The van der Waals surface area contributed by atoms with E-state index in [1.165, 1.54) is 32.1 Å². The molecule has 0 nitrogen and oxygen atoms in total. The van der Waals surface area contributed by atoms with Crippen LogP contribution in [0.15, 0.2) is 0 Å². The standard InChI is InChI=1S/C6H12.C5H12.C4H10.C2H6/c1-6-4-2-3-5-6;1-4-5(2)3;1-4(2)3;1-2/h6H,2-5H2,1H3;5H,4H2,1-3H3;4H,1-3H3;1-2H3. The van der Waals surface area contributed by atoms with Crippen LogP contribution < -0.4 is 0 Å². The fourth-order valence-corrected chi connectivity index (χ4v) is 1.13. The summed E-state index contributed by atoms with van der Waals surface area (Å²) < 4.78 is 0. The first-order valence-electron chi connectivity index (χ1n) is 7.90. The van der Waals surface area contributed by atoms with Crippen LogP contribution >= 0.6 is 0 Å².